The van der Waals surface area contributed by atoms with Crippen molar-refractivity contribution in [1.29, 1.82) is 0 Å². The molecule has 1 fully saturated rings. The molecule has 3 aromatic carbocycles. The van der Waals surface area contributed by atoms with Crippen molar-refractivity contribution in [3.8, 4) is 17.0 Å². The highest BCUT2D eigenvalue weighted by molar-refractivity contribution is 7.18. The van der Waals surface area contributed by atoms with Gasteiger partial charge < -0.3 is 14.4 Å². The Labute approximate surface area is 255 Å². The van der Waals surface area contributed by atoms with E-state index in [-0.39, 0.29) is 29.4 Å². The third kappa shape index (κ3) is 5.10. The number of hydrogen-bond donors (Lipinski definition) is 1. The zero-order valence-corrected chi connectivity index (χ0v) is 25.5. The van der Waals surface area contributed by atoms with Gasteiger partial charge in [0.1, 0.15) is 23.8 Å². The molecule has 2 heterocycles. The molecule has 10 heteroatoms. The van der Waals surface area contributed by atoms with Crippen molar-refractivity contribution in [3.05, 3.63) is 97.1 Å². The number of halogens is 3. The highest BCUT2D eigenvalue weighted by Crippen LogP contribution is 2.62. The number of aromatic nitrogens is 2. The normalized spacial score (nSPS) is 18.3. The molecule has 0 aliphatic heterocycles. The highest BCUT2D eigenvalue weighted by atomic mass is 35.5. The number of nitrogens with zero attached hydrogens (tertiary/aromatic N) is 2. The van der Waals surface area contributed by atoms with E-state index in [4.69, 9.17) is 49.0 Å². The summed E-state index contributed by atoms with van der Waals surface area (Å²) in [5.41, 5.74) is 3.88. The fraction of sp³-hybridized carbons (Fsp3) is 0.258. The summed E-state index contributed by atoms with van der Waals surface area (Å²) in [6.45, 7) is 6.43. The van der Waals surface area contributed by atoms with E-state index in [1.54, 1.807) is 47.7 Å². The first kappa shape index (κ1) is 28.0. The third-order valence-electron chi connectivity index (χ3n) is 7.67. The van der Waals surface area contributed by atoms with Crippen LogP contribution in [0.5, 0.6) is 5.75 Å². The van der Waals surface area contributed by atoms with Crippen molar-refractivity contribution < 1.29 is 19.2 Å². The lowest BCUT2D eigenvalue weighted by atomic mass is 9.95. The first-order valence-corrected chi connectivity index (χ1v) is 15.0. The minimum absolute atomic E-state index is 0.0760. The SMILES string of the molecule is CC(C)c1onc(-c2c(Cl)cccc2Cl)c1COc1ccc(C2(C)CC2c2nc3ccc(C(=O)O)cc3s2)c(Cl)c1. The van der Waals surface area contributed by atoms with E-state index in [0.717, 1.165) is 32.8 Å². The van der Waals surface area contributed by atoms with Crippen LogP contribution in [0.25, 0.3) is 21.5 Å². The van der Waals surface area contributed by atoms with Gasteiger partial charge in [-0.25, -0.2) is 9.78 Å². The zero-order chi connectivity index (χ0) is 29.1. The van der Waals surface area contributed by atoms with Gasteiger partial charge in [-0.2, -0.15) is 0 Å². The number of fused-ring (bicyclic) bond motifs is 1. The van der Waals surface area contributed by atoms with Gasteiger partial charge in [-0.15, -0.1) is 11.3 Å². The second-order valence-electron chi connectivity index (χ2n) is 10.8. The largest absolute Gasteiger partial charge is 0.489 e. The number of benzene rings is 3. The van der Waals surface area contributed by atoms with Gasteiger partial charge >= 0.3 is 5.97 Å². The number of ether oxygens (including phenoxy) is 1. The second-order valence-corrected chi connectivity index (χ2v) is 13.1. The van der Waals surface area contributed by atoms with Gasteiger partial charge in [-0.1, -0.05) is 72.9 Å². The Bertz CT molecular complexity index is 1790. The van der Waals surface area contributed by atoms with Crippen molar-refractivity contribution in [1.82, 2.24) is 10.1 Å². The lowest BCUT2D eigenvalue weighted by Gasteiger charge is -2.15. The summed E-state index contributed by atoms with van der Waals surface area (Å²) in [5.74, 6) is 0.657. The van der Waals surface area contributed by atoms with Crippen LogP contribution in [0.1, 0.15) is 71.3 Å². The van der Waals surface area contributed by atoms with Crippen LogP contribution >= 0.6 is 46.1 Å². The third-order valence-corrected chi connectivity index (χ3v) is 9.74. The predicted molar refractivity (Wildman–Crippen MR) is 163 cm³/mol. The summed E-state index contributed by atoms with van der Waals surface area (Å²) in [5, 5.41) is 16.2. The van der Waals surface area contributed by atoms with Crippen LogP contribution in [0.3, 0.4) is 0 Å². The molecule has 0 radical (unpaired) electrons. The molecular weight excluding hydrogens is 603 g/mol. The van der Waals surface area contributed by atoms with E-state index in [0.29, 0.717) is 37.8 Å². The molecule has 210 valence electrons. The molecule has 0 saturated heterocycles. The molecule has 2 aromatic heterocycles. The van der Waals surface area contributed by atoms with E-state index in [9.17, 15) is 9.90 Å². The lowest BCUT2D eigenvalue weighted by molar-refractivity contribution is 0.0697. The molecule has 1 saturated carbocycles. The van der Waals surface area contributed by atoms with Gasteiger partial charge in [-0.3, -0.25) is 0 Å². The van der Waals surface area contributed by atoms with E-state index >= 15 is 0 Å². The molecule has 1 N–H and O–H groups in total. The fourth-order valence-corrected chi connectivity index (χ4v) is 7.51. The van der Waals surface area contributed by atoms with E-state index in [1.165, 1.54) is 0 Å². The first-order chi connectivity index (χ1) is 19.6. The maximum absolute atomic E-state index is 11.4. The fourth-order valence-electron chi connectivity index (χ4n) is 5.29. The molecule has 0 bridgehead atoms. The van der Waals surface area contributed by atoms with Crippen LogP contribution in [0.4, 0.5) is 0 Å². The van der Waals surface area contributed by atoms with Crippen LogP contribution in [-0.2, 0) is 12.0 Å². The summed E-state index contributed by atoms with van der Waals surface area (Å²) in [6.07, 6.45) is 0.902. The Hall–Kier alpha value is -3.10. The van der Waals surface area contributed by atoms with Crippen molar-refractivity contribution in [2.45, 2.75) is 51.0 Å². The summed E-state index contributed by atoms with van der Waals surface area (Å²) in [7, 11) is 0. The Morgan fingerprint density at radius 3 is 2.56 bits per heavy atom. The Morgan fingerprint density at radius 2 is 1.88 bits per heavy atom. The number of thiazole rings is 1. The molecule has 6 nitrogen and oxygen atoms in total. The standard InChI is InChI=1S/C31H25Cl3N2O4S/c1-15(2)28-18(27(36-40-28)26-21(32)5-4-6-22(26)33)14-39-17-8-9-19(23(34)12-17)31(3)13-20(31)29-35-24-10-7-16(30(37)38)11-25(24)41-29/h4-12,15,20H,13-14H2,1-3H3,(H,37,38). The number of carbonyl (C=O) groups is 1. The Morgan fingerprint density at radius 1 is 1.12 bits per heavy atom. The van der Waals surface area contributed by atoms with Crippen LogP contribution in [0, 0.1) is 0 Å². The van der Waals surface area contributed by atoms with E-state index < -0.39 is 5.97 Å². The molecule has 0 amide bonds. The van der Waals surface area contributed by atoms with Crippen molar-refractivity contribution in [3.63, 3.8) is 0 Å². The number of carboxylic acids is 1. The van der Waals surface area contributed by atoms with Crippen molar-refractivity contribution in [2.24, 2.45) is 0 Å². The molecule has 1 aliphatic rings. The average molecular weight is 628 g/mol. The molecule has 6 rings (SSSR count). The van der Waals surface area contributed by atoms with Crippen LogP contribution in [0.15, 0.2) is 59.1 Å². The summed E-state index contributed by atoms with van der Waals surface area (Å²) >= 11 is 21.3. The molecule has 2 atom stereocenters. The van der Waals surface area contributed by atoms with Gasteiger partial charge in [0.15, 0.2) is 0 Å². The lowest BCUT2D eigenvalue weighted by Crippen LogP contribution is -2.06. The van der Waals surface area contributed by atoms with Gasteiger partial charge in [0, 0.05) is 27.8 Å². The first-order valence-electron chi connectivity index (χ1n) is 13.1. The van der Waals surface area contributed by atoms with Crippen LogP contribution < -0.4 is 4.74 Å². The minimum atomic E-state index is -0.944. The van der Waals surface area contributed by atoms with E-state index in [2.05, 4.69) is 12.1 Å². The summed E-state index contributed by atoms with van der Waals surface area (Å²) in [6, 6.07) is 16.1. The van der Waals surface area contributed by atoms with Gasteiger partial charge in [0.05, 0.1) is 36.4 Å². The van der Waals surface area contributed by atoms with Gasteiger partial charge in [0.2, 0.25) is 0 Å². The molecule has 2 unspecified atom stereocenters. The summed E-state index contributed by atoms with van der Waals surface area (Å²) in [4.78, 5) is 16.2. The molecule has 0 spiro atoms. The minimum Gasteiger partial charge on any atom is -0.489 e. The Kier molecular flexibility index (Phi) is 7.27. The monoisotopic (exact) mass is 626 g/mol. The molecule has 41 heavy (non-hydrogen) atoms. The van der Waals surface area contributed by atoms with Crippen LogP contribution in [0.2, 0.25) is 15.1 Å². The molecule has 5 aromatic rings. The predicted octanol–water partition coefficient (Wildman–Crippen LogP) is 9.76. The van der Waals surface area contributed by atoms with Gasteiger partial charge in [-0.05, 0) is 54.4 Å². The topological polar surface area (TPSA) is 85.5 Å². The number of carboxylic acid groups (broad SMARTS) is 1. The van der Waals surface area contributed by atoms with Crippen molar-refractivity contribution >= 4 is 62.3 Å². The molecular formula is C31H25Cl3N2O4S. The maximum Gasteiger partial charge on any atom is 0.335 e. The average Bonchev–Trinajstić information content (AvgIpc) is 3.24. The molecule has 1 aliphatic carbocycles. The Balaban J connectivity index is 1.23. The second kappa shape index (κ2) is 10.6. The number of rotatable bonds is 8. The van der Waals surface area contributed by atoms with Gasteiger partial charge in [0.25, 0.3) is 0 Å². The zero-order valence-electron chi connectivity index (χ0n) is 22.4. The maximum atomic E-state index is 11.4. The van der Waals surface area contributed by atoms with Crippen molar-refractivity contribution in [2.75, 3.05) is 0 Å². The highest BCUT2D eigenvalue weighted by Gasteiger charge is 2.54. The quantitative estimate of drug-likeness (QED) is 0.184. The number of hydrogen-bond acceptors (Lipinski definition) is 6. The number of aromatic carboxylic acids is 1. The van der Waals surface area contributed by atoms with Crippen LogP contribution in [-0.4, -0.2) is 21.2 Å². The smallest absolute Gasteiger partial charge is 0.335 e. The van der Waals surface area contributed by atoms with E-state index in [1.807, 2.05) is 32.0 Å². The summed E-state index contributed by atoms with van der Waals surface area (Å²) < 4.78 is 12.8.